The monoisotopic (exact) mass is 289 g/mol. The molecular weight excluding hydrogens is 266 g/mol. The molecule has 2 rings (SSSR count). The number of ether oxygens (including phenoxy) is 2. The van der Waals surface area contributed by atoms with Gasteiger partial charge < -0.3 is 14.8 Å². The van der Waals surface area contributed by atoms with Crippen molar-refractivity contribution in [2.75, 3.05) is 25.1 Å². The van der Waals surface area contributed by atoms with Crippen LogP contribution in [0.1, 0.15) is 19.4 Å². The van der Waals surface area contributed by atoms with Crippen molar-refractivity contribution >= 4 is 5.82 Å². The zero-order valence-corrected chi connectivity index (χ0v) is 12.8. The highest BCUT2D eigenvalue weighted by atomic mass is 16.7. The van der Waals surface area contributed by atoms with E-state index in [0.717, 1.165) is 17.1 Å². The van der Waals surface area contributed by atoms with Crippen molar-refractivity contribution in [2.45, 2.75) is 27.1 Å². The molecule has 0 radical (unpaired) electrons. The molecule has 21 heavy (non-hydrogen) atoms. The third-order valence-electron chi connectivity index (χ3n) is 3.10. The van der Waals surface area contributed by atoms with E-state index in [2.05, 4.69) is 46.7 Å². The number of rotatable bonds is 8. The van der Waals surface area contributed by atoms with Crippen LogP contribution in [-0.2, 0) is 9.47 Å². The first-order chi connectivity index (χ1) is 10.2. The smallest absolute Gasteiger partial charge is 0.174 e. The van der Waals surface area contributed by atoms with Crippen LogP contribution >= 0.6 is 0 Å². The van der Waals surface area contributed by atoms with Crippen LogP contribution in [0.3, 0.4) is 0 Å². The highest BCUT2D eigenvalue weighted by Crippen LogP contribution is 2.20. The van der Waals surface area contributed by atoms with Crippen LogP contribution in [-0.4, -0.2) is 36.2 Å². The SMILES string of the molecule is CCOC(CNc1cc(-c2ccc(C)cc2)[nH]n1)OCC. The van der Waals surface area contributed by atoms with Gasteiger partial charge in [-0.1, -0.05) is 29.8 Å². The Labute approximate surface area is 125 Å². The normalized spacial score (nSPS) is 11.0. The molecule has 0 saturated carbocycles. The molecule has 0 aliphatic rings. The van der Waals surface area contributed by atoms with Crippen molar-refractivity contribution in [3.8, 4) is 11.3 Å². The minimum Gasteiger partial charge on any atom is -0.363 e. The van der Waals surface area contributed by atoms with Gasteiger partial charge in [-0.25, -0.2) is 0 Å². The summed E-state index contributed by atoms with van der Waals surface area (Å²) in [5, 5.41) is 10.5. The topological polar surface area (TPSA) is 59.2 Å². The van der Waals surface area contributed by atoms with Crippen LogP contribution in [0.25, 0.3) is 11.3 Å². The van der Waals surface area contributed by atoms with Gasteiger partial charge in [-0.3, -0.25) is 5.10 Å². The van der Waals surface area contributed by atoms with Crippen molar-refractivity contribution in [1.82, 2.24) is 10.2 Å². The molecule has 114 valence electrons. The highest BCUT2D eigenvalue weighted by Gasteiger charge is 2.09. The molecule has 0 unspecified atom stereocenters. The Bertz CT molecular complexity index is 531. The highest BCUT2D eigenvalue weighted by molar-refractivity contribution is 5.62. The Balaban J connectivity index is 1.95. The third kappa shape index (κ3) is 4.58. The van der Waals surface area contributed by atoms with Crippen LogP contribution in [0, 0.1) is 6.92 Å². The summed E-state index contributed by atoms with van der Waals surface area (Å²) in [5.41, 5.74) is 3.35. The molecule has 0 atom stereocenters. The van der Waals surface area contributed by atoms with Gasteiger partial charge in [0.05, 0.1) is 12.2 Å². The number of aromatic amines is 1. The van der Waals surface area contributed by atoms with Crippen molar-refractivity contribution in [3.63, 3.8) is 0 Å². The average Bonchev–Trinajstić information content (AvgIpc) is 2.95. The summed E-state index contributed by atoms with van der Waals surface area (Å²) in [5.74, 6) is 0.787. The molecule has 5 heteroatoms. The van der Waals surface area contributed by atoms with E-state index < -0.39 is 0 Å². The second kappa shape index (κ2) is 7.81. The molecule has 0 aliphatic carbocycles. The number of H-pyrrole nitrogens is 1. The number of nitrogens with zero attached hydrogens (tertiary/aromatic N) is 1. The number of aromatic nitrogens is 2. The largest absolute Gasteiger partial charge is 0.363 e. The lowest BCUT2D eigenvalue weighted by Gasteiger charge is -2.16. The zero-order chi connectivity index (χ0) is 15.1. The van der Waals surface area contributed by atoms with Gasteiger partial charge in [0.1, 0.15) is 5.82 Å². The fourth-order valence-corrected chi connectivity index (χ4v) is 2.02. The van der Waals surface area contributed by atoms with E-state index in [-0.39, 0.29) is 6.29 Å². The second-order valence-electron chi connectivity index (χ2n) is 4.75. The third-order valence-corrected chi connectivity index (χ3v) is 3.10. The minimum atomic E-state index is -0.250. The van der Waals surface area contributed by atoms with Gasteiger partial charge in [0, 0.05) is 19.3 Å². The first-order valence-corrected chi connectivity index (χ1v) is 7.32. The first kappa shape index (κ1) is 15.5. The lowest BCUT2D eigenvalue weighted by molar-refractivity contribution is -0.126. The molecule has 2 N–H and O–H groups in total. The summed E-state index contributed by atoms with van der Waals surface area (Å²) < 4.78 is 11.0. The van der Waals surface area contributed by atoms with Gasteiger partial charge in [0.25, 0.3) is 0 Å². The van der Waals surface area contributed by atoms with E-state index in [9.17, 15) is 0 Å². The van der Waals surface area contributed by atoms with E-state index in [1.807, 2.05) is 19.9 Å². The van der Waals surface area contributed by atoms with Crippen molar-refractivity contribution in [1.29, 1.82) is 0 Å². The predicted octanol–water partition coefficient (Wildman–Crippen LogP) is 3.20. The van der Waals surface area contributed by atoms with E-state index >= 15 is 0 Å². The minimum absolute atomic E-state index is 0.250. The Hall–Kier alpha value is -1.85. The molecule has 5 nitrogen and oxygen atoms in total. The van der Waals surface area contributed by atoms with Crippen LogP contribution in [0.4, 0.5) is 5.82 Å². The molecule has 0 fully saturated rings. The van der Waals surface area contributed by atoms with Gasteiger partial charge in [-0.15, -0.1) is 0 Å². The molecule has 0 saturated heterocycles. The van der Waals surface area contributed by atoms with Crippen LogP contribution < -0.4 is 5.32 Å². The Morgan fingerprint density at radius 3 is 2.43 bits per heavy atom. The van der Waals surface area contributed by atoms with E-state index in [0.29, 0.717) is 19.8 Å². The molecule has 1 aromatic carbocycles. The summed E-state index contributed by atoms with van der Waals surface area (Å²) >= 11 is 0. The number of hydrogen-bond acceptors (Lipinski definition) is 4. The fourth-order valence-electron chi connectivity index (χ4n) is 2.02. The van der Waals surface area contributed by atoms with Crippen LogP contribution in [0.5, 0.6) is 0 Å². The number of nitrogens with one attached hydrogen (secondary N) is 2. The molecular formula is C16H23N3O2. The number of anilines is 1. The van der Waals surface area contributed by atoms with Gasteiger partial charge >= 0.3 is 0 Å². The maximum Gasteiger partial charge on any atom is 0.174 e. The van der Waals surface area contributed by atoms with Crippen molar-refractivity contribution in [2.24, 2.45) is 0 Å². The molecule has 1 aromatic heterocycles. The maximum absolute atomic E-state index is 5.49. The lowest BCUT2D eigenvalue weighted by atomic mass is 10.1. The second-order valence-corrected chi connectivity index (χ2v) is 4.75. The van der Waals surface area contributed by atoms with Gasteiger partial charge in [0.15, 0.2) is 6.29 Å². The van der Waals surface area contributed by atoms with Crippen LogP contribution in [0.2, 0.25) is 0 Å². The summed E-state index contributed by atoms with van der Waals surface area (Å²) in [6, 6.07) is 10.3. The Kier molecular flexibility index (Phi) is 5.78. The summed E-state index contributed by atoms with van der Waals surface area (Å²) in [4.78, 5) is 0. The number of hydrogen-bond donors (Lipinski definition) is 2. The first-order valence-electron chi connectivity index (χ1n) is 7.32. The van der Waals surface area contributed by atoms with Gasteiger partial charge in [0.2, 0.25) is 0 Å². The quantitative estimate of drug-likeness (QED) is 0.733. The molecule has 0 amide bonds. The Morgan fingerprint density at radius 2 is 1.81 bits per heavy atom. The summed E-state index contributed by atoms with van der Waals surface area (Å²) in [6.07, 6.45) is -0.250. The molecule has 0 aliphatic heterocycles. The van der Waals surface area contributed by atoms with Crippen molar-refractivity contribution in [3.05, 3.63) is 35.9 Å². The Morgan fingerprint density at radius 1 is 1.14 bits per heavy atom. The number of aryl methyl sites for hydroxylation is 1. The van der Waals surface area contributed by atoms with Crippen molar-refractivity contribution < 1.29 is 9.47 Å². The molecule has 1 heterocycles. The molecule has 2 aromatic rings. The van der Waals surface area contributed by atoms with Crippen LogP contribution in [0.15, 0.2) is 30.3 Å². The number of benzene rings is 1. The molecule has 0 spiro atoms. The average molecular weight is 289 g/mol. The van der Waals surface area contributed by atoms with E-state index in [4.69, 9.17) is 9.47 Å². The summed E-state index contributed by atoms with van der Waals surface area (Å²) in [7, 11) is 0. The summed E-state index contributed by atoms with van der Waals surface area (Å²) in [6.45, 7) is 7.81. The fraction of sp³-hybridized carbons (Fsp3) is 0.438. The standard InChI is InChI=1S/C16H23N3O2/c1-4-20-16(21-5-2)11-17-15-10-14(18-19-15)13-8-6-12(3)7-9-13/h6-10,16H,4-5,11H2,1-3H3,(H2,17,18,19). The predicted molar refractivity (Wildman–Crippen MR) is 84.3 cm³/mol. The zero-order valence-electron chi connectivity index (χ0n) is 12.8. The lowest BCUT2D eigenvalue weighted by Crippen LogP contribution is -2.26. The van der Waals surface area contributed by atoms with Gasteiger partial charge in [-0.2, -0.15) is 5.10 Å². The van der Waals surface area contributed by atoms with Gasteiger partial charge in [-0.05, 0) is 26.3 Å². The van der Waals surface area contributed by atoms with E-state index in [1.165, 1.54) is 5.56 Å². The maximum atomic E-state index is 5.49. The van der Waals surface area contributed by atoms with E-state index in [1.54, 1.807) is 0 Å². The molecule has 0 bridgehead atoms.